The number of anilines is 1. The fraction of sp³-hybridized carbons (Fsp3) is 0.625. The van der Waals surface area contributed by atoms with Crippen molar-refractivity contribution >= 4 is 27.4 Å². The van der Waals surface area contributed by atoms with E-state index < -0.39 is 0 Å². The summed E-state index contributed by atoms with van der Waals surface area (Å²) in [4.78, 5) is 13.3. The molecule has 0 spiro atoms. The van der Waals surface area contributed by atoms with Crippen LogP contribution in [0.4, 0.5) is 5.82 Å². The van der Waals surface area contributed by atoms with Gasteiger partial charge in [-0.15, -0.1) is 11.3 Å². The molecule has 4 rings (SSSR count). The molecule has 1 aliphatic heterocycles. The molecule has 2 aliphatic rings. The molecule has 1 saturated heterocycles. The molecule has 2 aromatic heterocycles. The number of piperidine rings is 1. The third-order valence-corrected chi connectivity index (χ3v) is 5.59. The number of thiophene rings is 1. The average molecular weight is 302 g/mol. The van der Waals surface area contributed by atoms with E-state index in [-0.39, 0.29) is 0 Å². The van der Waals surface area contributed by atoms with Gasteiger partial charge in [0.15, 0.2) is 0 Å². The van der Waals surface area contributed by atoms with Crippen LogP contribution < -0.4 is 5.32 Å². The lowest BCUT2D eigenvalue weighted by atomic mass is 10.1. The second-order valence-electron chi connectivity index (χ2n) is 6.32. The first-order chi connectivity index (χ1) is 10.3. The molecular formula is C16H22N4S. The van der Waals surface area contributed by atoms with Crippen LogP contribution in [0.3, 0.4) is 0 Å². The summed E-state index contributed by atoms with van der Waals surface area (Å²) in [5.41, 5.74) is 0. The monoisotopic (exact) mass is 302 g/mol. The quantitative estimate of drug-likeness (QED) is 0.918. The molecule has 1 N–H and O–H groups in total. The van der Waals surface area contributed by atoms with Gasteiger partial charge in [-0.3, -0.25) is 4.90 Å². The number of fused-ring (bicyclic) bond motifs is 3. The van der Waals surface area contributed by atoms with E-state index in [0.29, 0.717) is 0 Å². The zero-order valence-electron chi connectivity index (χ0n) is 12.5. The minimum Gasteiger partial charge on any atom is -0.369 e. The van der Waals surface area contributed by atoms with Crippen molar-refractivity contribution in [2.75, 3.05) is 18.4 Å². The van der Waals surface area contributed by atoms with Crippen LogP contribution in [-0.2, 0) is 6.54 Å². The van der Waals surface area contributed by atoms with E-state index in [9.17, 15) is 0 Å². The first-order valence-electron chi connectivity index (χ1n) is 8.05. The smallest absolute Gasteiger partial charge is 0.146 e. The Hall–Kier alpha value is -1.20. The summed E-state index contributed by atoms with van der Waals surface area (Å²) < 4.78 is 0. The maximum Gasteiger partial charge on any atom is 0.146 e. The molecule has 21 heavy (non-hydrogen) atoms. The molecule has 2 aromatic rings. The molecule has 0 radical (unpaired) electrons. The van der Waals surface area contributed by atoms with Crippen LogP contribution in [0, 0.1) is 5.92 Å². The van der Waals surface area contributed by atoms with Crippen LogP contribution >= 0.6 is 11.3 Å². The molecule has 0 aromatic carbocycles. The van der Waals surface area contributed by atoms with Gasteiger partial charge in [-0.25, -0.2) is 9.97 Å². The highest BCUT2D eigenvalue weighted by atomic mass is 32.1. The Morgan fingerprint density at radius 2 is 2.33 bits per heavy atom. The minimum atomic E-state index is 0.782. The molecule has 2 unspecified atom stereocenters. The van der Waals surface area contributed by atoms with E-state index in [1.54, 1.807) is 11.3 Å². The van der Waals surface area contributed by atoms with E-state index >= 15 is 0 Å². The number of nitrogens with zero attached hydrogens (tertiary/aromatic N) is 3. The molecule has 0 amide bonds. The van der Waals surface area contributed by atoms with Gasteiger partial charge in [-0.2, -0.15) is 0 Å². The first-order valence-corrected chi connectivity index (χ1v) is 8.93. The molecular weight excluding hydrogens is 280 g/mol. The van der Waals surface area contributed by atoms with Crippen molar-refractivity contribution in [2.24, 2.45) is 5.92 Å². The Morgan fingerprint density at radius 1 is 1.38 bits per heavy atom. The second kappa shape index (κ2) is 5.54. The van der Waals surface area contributed by atoms with Crippen molar-refractivity contribution in [3.05, 3.63) is 17.3 Å². The van der Waals surface area contributed by atoms with Gasteiger partial charge in [-0.1, -0.05) is 6.92 Å². The van der Waals surface area contributed by atoms with E-state index in [4.69, 9.17) is 9.97 Å². The maximum absolute atomic E-state index is 4.80. The highest BCUT2D eigenvalue weighted by molar-refractivity contribution is 7.16. The Balaban J connectivity index is 1.59. The van der Waals surface area contributed by atoms with Gasteiger partial charge < -0.3 is 5.32 Å². The van der Waals surface area contributed by atoms with Crippen LogP contribution in [0.1, 0.15) is 38.4 Å². The molecule has 3 heterocycles. The molecule has 2 bridgehead atoms. The fourth-order valence-corrected chi connectivity index (χ4v) is 4.53. The first kappa shape index (κ1) is 13.5. The number of hydrogen-bond acceptors (Lipinski definition) is 5. The SMILES string of the molecule is CCCNc1nc(CN2CC3CCC2C3)nc2sccc12. The van der Waals surface area contributed by atoms with Crippen molar-refractivity contribution in [3.63, 3.8) is 0 Å². The van der Waals surface area contributed by atoms with Crippen molar-refractivity contribution in [1.29, 1.82) is 0 Å². The zero-order valence-corrected chi connectivity index (χ0v) is 13.3. The molecule has 5 heteroatoms. The molecule has 1 saturated carbocycles. The van der Waals surface area contributed by atoms with Crippen molar-refractivity contribution in [1.82, 2.24) is 14.9 Å². The zero-order chi connectivity index (χ0) is 14.2. The summed E-state index contributed by atoms with van der Waals surface area (Å²) >= 11 is 1.71. The van der Waals surface area contributed by atoms with Crippen molar-refractivity contribution in [3.8, 4) is 0 Å². The van der Waals surface area contributed by atoms with E-state index in [1.165, 1.54) is 31.2 Å². The second-order valence-corrected chi connectivity index (χ2v) is 7.21. The summed E-state index contributed by atoms with van der Waals surface area (Å²) in [7, 11) is 0. The molecule has 112 valence electrons. The van der Waals surface area contributed by atoms with Gasteiger partial charge in [0.25, 0.3) is 0 Å². The number of hydrogen-bond donors (Lipinski definition) is 1. The fourth-order valence-electron chi connectivity index (χ4n) is 3.75. The summed E-state index contributed by atoms with van der Waals surface area (Å²) in [5.74, 6) is 2.93. The standard InChI is InChI=1S/C16H22N4S/c1-2-6-17-15-13-5-7-21-16(13)19-14(18-15)10-20-9-11-3-4-12(20)8-11/h5,7,11-12H,2-4,6,8-10H2,1H3,(H,17,18,19). The van der Waals surface area contributed by atoms with Crippen LogP contribution in [0.25, 0.3) is 10.2 Å². The van der Waals surface area contributed by atoms with Crippen molar-refractivity contribution in [2.45, 2.75) is 45.2 Å². The summed E-state index contributed by atoms with van der Waals surface area (Å²) in [5, 5.41) is 6.74. The molecule has 4 nitrogen and oxygen atoms in total. The summed E-state index contributed by atoms with van der Waals surface area (Å²) in [6.07, 6.45) is 5.30. The van der Waals surface area contributed by atoms with E-state index in [1.807, 2.05) is 0 Å². The number of rotatable bonds is 5. The molecule has 1 aliphatic carbocycles. The van der Waals surface area contributed by atoms with Crippen LogP contribution in [0.5, 0.6) is 0 Å². The van der Waals surface area contributed by atoms with Gasteiger partial charge in [0, 0.05) is 19.1 Å². The lowest BCUT2D eigenvalue weighted by Crippen LogP contribution is -2.32. The summed E-state index contributed by atoms with van der Waals surface area (Å²) in [6.45, 7) is 5.31. The van der Waals surface area contributed by atoms with E-state index in [2.05, 4.69) is 28.6 Å². The van der Waals surface area contributed by atoms with Gasteiger partial charge >= 0.3 is 0 Å². The largest absolute Gasteiger partial charge is 0.369 e. The van der Waals surface area contributed by atoms with Gasteiger partial charge in [0.2, 0.25) is 0 Å². The normalized spacial score (nSPS) is 25.0. The van der Waals surface area contributed by atoms with Crippen molar-refractivity contribution < 1.29 is 0 Å². The van der Waals surface area contributed by atoms with Crippen LogP contribution in [0.15, 0.2) is 11.4 Å². The highest BCUT2D eigenvalue weighted by Crippen LogP contribution is 2.38. The Kier molecular flexibility index (Phi) is 3.55. The van der Waals surface area contributed by atoms with E-state index in [0.717, 1.165) is 47.9 Å². The molecule has 2 fully saturated rings. The lowest BCUT2D eigenvalue weighted by molar-refractivity contribution is 0.201. The van der Waals surface area contributed by atoms with Gasteiger partial charge in [0.05, 0.1) is 11.9 Å². The number of nitrogens with one attached hydrogen (secondary N) is 1. The number of likely N-dealkylation sites (tertiary alicyclic amines) is 1. The third-order valence-electron chi connectivity index (χ3n) is 4.78. The Labute approximate surface area is 129 Å². The third kappa shape index (κ3) is 2.53. The topological polar surface area (TPSA) is 41.1 Å². The van der Waals surface area contributed by atoms with Crippen LogP contribution in [-0.4, -0.2) is 34.0 Å². The highest BCUT2D eigenvalue weighted by Gasteiger charge is 2.37. The summed E-state index contributed by atoms with van der Waals surface area (Å²) in [6, 6.07) is 2.91. The maximum atomic E-state index is 4.80. The predicted molar refractivity (Wildman–Crippen MR) is 87.7 cm³/mol. The molecule has 2 atom stereocenters. The average Bonchev–Trinajstić information content (AvgIpc) is 3.20. The Morgan fingerprint density at radius 3 is 3.10 bits per heavy atom. The lowest BCUT2D eigenvalue weighted by Gasteiger charge is -2.25. The van der Waals surface area contributed by atoms with Crippen LogP contribution in [0.2, 0.25) is 0 Å². The Bertz CT molecular complexity index is 638. The van der Waals surface area contributed by atoms with Gasteiger partial charge in [-0.05, 0) is 43.0 Å². The number of aromatic nitrogens is 2. The minimum absolute atomic E-state index is 0.782. The predicted octanol–water partition coefficient (Wildman–Crippen LogP) is 3.50. The van der Waals surface area contributed by atoms with Gasteiger partial charge in [0.1, 0.15) is 16.5 Å².